The number of carbonyl (C=O) groups is 2. The summed E-state index contributed by atoms with van der Waals surface area (Å²) in [6.07, 6.45) is 2.78. The highest BCUT2D eigenvalue weighted by Gasteiger charge is 2.27. The molecule has 1 saturated heterocycles. The number of nitrogens with zero attached hydrogens (tertiary/aromatic N) is 2. The van der Waals surface area contributed by atoms with Gasteiger partial charge in [0, 0.05) is 38.2 Å². The van der Waals surface area contributed by atoms with Crippen molar-refractivity contribution >= 4 is 17.6 Å². The first-order chi connectivity index (χ1) is 15.1. The van der Waals surface area contributed by atoms with Gasteiger partial charge in [-0.1, -0.05) is 62.4 Å². The molecule has 0 N–H and O–H groups in total. The number of likely N-dealkylation sites (tertiary alicyclic amines) is 1. The molecule has 0 aromatic heterocycles. The van der Waals surface area contributed by atoms with Gasteiger partial charge in [0.2, 0.25) is 5.91 Å². The first kappa shape index (κ1) is 23.0. The molecule has 2 unspecified atom stereocenters. The van der Waals surface area contributed by atoms with E-state index in [2.05, 4.69) is 4.90 Å². The lowest BCUT2D eigenvalue weighted by Crippen LogP contribution is -2.44. The summed E-state index contributed by atoms with van der Waals surface area (Å²) in [6.45, 7) is 7.02. The fourth-order valence-electron chi connectivity index (χ4n) is 4.23. The van der Waals surface area contributed by atoms with Crippen LogP contribution in [0.2, 0.25) is 0 Å². The smallest absolute Gasteiger partial charge is 0.306 e. The Bertz CT molecular complexity index is 825. The molecule has 2 atom stereocenters. The van der Waals surface area contributed by atoms with Crippen LogP contribution < -0.4 is 4.90 Å². The minimum Gasteiger partial charge on any atom is -0.456 e. The molecule has 0 radical (unpaired) electrons. The summed E-state index contributed by atoms with van der Waals surface area (Å²) in [4.78, 5) is 29.0. The Morgan fingerprint density at radius 2 is 1.71 bits per heavy atom. The summed E-state index contributed by atoms with van der Waals surface area (Å²) in [5.74, 6) is 0.372. The van der Waals surface area contributed by atoms with Gasteiger partial charge in [-0.2, -0.15) is 0 Å². The van der Waals surface area contributed by atoms with E-state index in [0.29, 0.717) is 25.3 Å². The predicted molar refractivity (Wildman–Crippen MR) is 124 cm³/mol. The van der Waals surface area contributed by atoms with E-state index < -0.39 is 0 Å². The zero-order valence-electron chi connectivity index (χ0n) is 18.7. The van der Waals surface area contributed by atoms with Crippen LogP contribution in [-0.2, 0) is 14.3 Å². The van der Waals surface area contributed by atoms with Crippen molar-refractivity contribution in [3.63, 3.8) is 0 Å². The van der Waals surface area contributed by atoms with Crippen LogP contribution in [0.4, 0.5) is 5.69 Å². The average molecular weight is 423 g/mol. The molecule has 3 rings (SSSR count). The molecular weight excluding hydrogens is 388 g/mol. The zero-order valence-corrected chi connectivity index (χ0v) is 18.7. The standard InChI is InChI=1S/C26H34N2O3/c1-3-25(29)28(23-15-9-6-10-16-23)19-21-12-11-17-27(18-21)20-24(31-26(30)4-2)22-13-7-5-8-14-22/h5-10,13-16,21,24H,3-4,11-12,17-20H2,1-2H3. The van der Waals surface area contributed by atoms with Crippen molar-refractivity contribution in [2.75, 3.05) is 31.1 Å². The second kappa shape index (κ2) is 11.7. The van der Waals surface area contributed by atoms with Gasteiger partial charge in [-0.3, -0.25) is 14.5 Å². The summed E-state index contributed by atoms with van der Waals surface area (Å²) in [6, 6.07) is 19.9. The number of piperidine rings is 1. The van der Waals surface area contributed by atoms with Crippen molar-refractivity contribution in [2.45, 2.75) is 45.6 Å². The Morgan fingerprint density at radius 1 is 1.03 bits per heavy atom. The Kier molecular flexibility index (Phi) is 8.65. The SMILES string of the molecule is CCC(=O)OC(CN1CCCC(CN(C(=O)CC)c2ccccc2)C1)c1ccccc1. The minimum absolute atomic E-state index is 0.155. The van der Waals surface area contributed by atoms with Crippen LogP contribution in [0.1, 0.15) is 51.2 Å². The van der Waals surface area contributed by atoms with Crippen LogP contribution in [0.5, 0.6) is 0 Å². The van der Waals surface area contributed by atoms with Crippen LogP contribution >= 0.6 is 0 Å². The number of rotatable bonds is 9. The number of amides is 1. The molecule has 1 aliphatic rings. The van der Waals surface area contributed by atoms with E-state index in [1.165, 1.54) is 0 Å². The summed E-state index contributed by atoms with van der Waals surface area (Å²) in [5.41, 5.74) is 1.99. The fourth-order valence-corrected chi connectivity index (χ4v) is 4.23. The van der Waals surface area contributed by atoms with Gasteiger partial charge in [-0.25, -0.2) is 0 Å². The summed E-state index contributed by atoms with van der Waals surface area (Å²) >= 11 is 0. The number of para-hydroxylation sites is 1. The number of anilines is 1. The lowest BCUT2D eigenvalue weighted by atomic mass is 9.96. The fraction of sp³-hybridized carbons (Fsp3) is 0.462. The molecular formula is C26H34N2O3. The number of ether oxygens (including phenoxy) is 1. The lowest BCUT2D eigenvalue weighted by Gasteiger charge is -2.37. The maximum Gasteiger partial charge on any atom is 0.306 e. The van der Waals surface area contributed by atoms with Crippen molar-refractivity contribution in [2.24, 2.45) is 5.92 Å². The predicted octanol–water partition coefficient (Wildman–Crippen LogP) is 4.84. The second-order valence-electron chi connectivity index (χ2n) is 8.20. The second-order valence-corrected chi connectivity index (χ2v) is 8.20. The molecule has 31 heavy (non-hydrogen) atoms. The van der Waals surface area contributed by atoms with Gasteiger partial charge < -0.3 is 9.64 Å². The molecule has 1 amide bonds. The Hall–Kier alpha value is -2.66. The molecule has 0 saturated carbocycles. The average Bonchev–Trinajstić information content (AvgIpc) is 2.83. The summed E-state index contributed by atoms with van der Waals surface area (Å²) < 4.78 is 5.78. The van der Waals surface area contributed by atoms with E-state index in [9.17, 15) is 9.59 Å². The van der Waals surface area contributed by atoms with Gasteiger partial charge in [0.15, 0.2) is 0 Å². The minimum atomic E-state index is -0.269. The van der Waals surface area contributed by atoms with E-state index >= 15 is 0 Å². The number of esters is 1. The summed E-state index contributed by atoms with van der Waals surface area (Å²) in [7, 11) is 0. The first-order valence-electron chi connectivity index (χ1n) is 11.4. The molecule has 1 aliphatic heterocycles. The third kappa shape index (κ3) is 6.66. The lowest BCUT2D eigenvalue weighted by molar-refractivity contribution is -0.150. The van der Waals surface area contributed by atoms with Crippen molar-refractivity contribution in [1.29, 1.82) is 0 Å². The third-order valence-electron chi connectivity index (χ3n) is 5.87. The molecule has 2 aromatic rings. The van der Waals surface area contributed by atoms with Gasteiger partial charge >= 0.3 is 5.97 Å². The zero-order chi connectivity index (χ0) is 22.1. The van der Waals surface area contributed by atoms with Gasteiger partial charge in [-0.15, -0.1) is 0 Å². The van der Waals surface area contributed by atoms with Crippen LogP contribution in [-0.4, -0.2) is 43.0 Å². The van der Waals surface area contributed by atoms with Crippen molar-refractivity contribution in [3.8, 4) is 0 Å². The van der Waals surface area contributed by atoms with Crippen molar-refractivity contribution < 1.29 is 14.3 Å². The van der Waals surface area contributed by atoms with Crippen molar-refractivity contribution in [1.82, 2.24) is 4.90 Å². The number of benzene rings is 2. The molecule has 166 valence electrons. The Labute approximate surface area is 186 Å². The molecule has 0 spiro atoms. The normalized spacial score (nSPS) is 17.7. The topological polar surface area (TPSA) is 49.9 Å². The van der Waals surface area contributed by atoms with Crippen LogP contribution in [0.15, 0.2) is 60.7 Å². The van der Waals surface area contributed by atoms with Gasteiger partial charge in [0.1, 0.15) is 6.10 Å². The molecule has 2 aromatic carbocycles. The number of hydrogen-bond acceptors (Lipinski definition) is 4. The first-order valence-corrected chi connectivity index (χ1v) is 11.4. The highest BCUT2D eigenvalue weighted by molar-refractivity contribution is 5.93. The van der Waals surface area contributed by atoms with Gasteiger partial charge in [0.05, 0.1) is 0 Å². The molecule has 5 nitrogen and oxygen atoms in total. The molecule has 0 bridgehead atoms. The van der Waals surface area contributed by atoms with Crippen LogP contribution in [0, 0.1) is 5.92 Å². The maximum absolute atomic E-state index is 12.6. The molecule has 0 aliphatic carbocycles. The number of hydrogen-bond donors (Lipinski definition) is 0. The largest absolute Gasteiger partial charge is 0.456 e. The molecule has 5 heteroatoms. The number of carbonyl (C=O) groups excluding carboxylic acids is 2. The van der Waals surface area contributed by atoms with Gasteiger partial charge in [0.25, 0.3) is 0 Å². The third-order valence-corrected chi connectivity index (χ3v) is 5.87. The van der Waals surface area contributed by atoms with Crippen molar-refractivity contribution in [3.05, 3.63) is 66.2 Å². The monoisotopic (exact) mass is 422 g/mol. The Morgan fingerprint density at radius 3 is 2.35 bits per heavy atom. The Balaban J connectivity index is 1.68. The van der Waals surface area contributed by atoms with E-state index in [1.807, 2.05) is 79.4 Å². The highest BCUT2D eigenvalue weighted by atomic mass is 16.5. The van der Waals surface area contributed by atoms with E-state index in [1.54, 1.807) is 0 Å². The van der Waals surface area contributed by atoms with Gasteiger partial charge in [-0.05, 0) is 43.0 Å². The maximum atomic E-state index is 12.6. The van der Waals surface area contributed by atoms with Crippen LogP contribution in [0.25, 0.3) is 0 Å². The molecule has 1 heterocycles. The van der Waals surface area contributed by atoms with E-state index in [4.69, 9.17) is 4.74 Å². The van der Waals surface area contributed by atoms with E-state index in [-0.39, 0.29) is 18.0 Å². The molecule has 1 fully saturated rings. The highest BCUT2D eigenvalue weighted by Crippen LogP contribution is 2.26. The van der Waals surface area contributed by atoms with E-state index in [0.717, 1.165) is 43.7 Å². The quantitative estimate of drug-likeness (QED) is 0.543. The van der Waals surface area contributed by atoms with Crippen LogP contribution in [0.3, 0.4) is 0 Å². The summed E-state index contributed by atoms with van der Waals surface area (Å²) in [5, 5.41) is 0.